The molecule has 240 valence electrons. The van der Waals surface area contributed by atoms with Gasteiger partial charge in [-0.05, 0) is 69.9 Å². The number of nitrogens with two attached hydrogens (primary N) is 2. The molecule has 1 aliphatic carbocycles. The van der Waals surface area contributed by atoms with Crippen LogP contribution in [-0.4, -0.2) is 110 Å². The number of hydrogen-bond donors (Lipinski definition) is 5. The monoisotopic (exact) mass is 599 g/mol. The highest BCUT2D eigenvalue weighted by Crippen LogP contribution is 2.45. The molecular formula is C30H52F3N7O2. The van der Waals surface area contributed by atoms with Crippen molar-refractivity contribution in [3.05, 3.63) is 0 Å². The maximum atomic E-state index is 15.5. The van der Waals surface area contributed by atoms with Gasteiger partial charge in [0.2, 0.25) is 11.8 Å². The van der Waals surface area contributed by atoms with E-state index >= 15 is 4.39 Å². The zero-order chi connectivity index (χ0) is 29.9. The van der Waals surface area contributed by atoms with E-state index in [1.807, 2.05) is 0 Å². The number of hydrogen-bond acceptors (Lipinski definition) is 7. The molecule has 5 rings (SSSR count). The summed E-state index contributed by atoms with van der Waals surface area (Å²) in [7, 11) is 0. The summed E-state index contributed by atoms with van der Waals surface area (Å²) in [6.45, 7) is 2.15. The van der Waals surface area contributed by atoms with E-state index in [9.17, 15) is 18.4 Å². The Morgan fingerprint density at radius 3 is 2.24 bits per heavy atom. The summed E-state index contributed by atoms with van der Waals surface area (Å²) < 4.78 is 43.5. The normalized spacial score (nSPS) is 34.7. The van der Waals surface area contributed by atoms with Crippen LogP contribution in [0.1, 0.15) is 70.6 Å². The van der Waals surface area contributed by atoms with Gasteiger partial charge < -0.3 is 32.3 Å². The van der Waals surface area contributed by atoms with Crippen LogP contribution in [-0.2, 0) is 9.59 Å². The minimum absolute atomic E-state index is 0.0101. The molecule has 2 amide bonds. The molecule has 42 heavy (non-hydrogen) atoms. The molecule has 4 saturated heterocycles. The first-order valence-electron chi connectivity index (χ1n) is 16.4. The SMILES string of the molecule is NC(N)C(C(=O)NC1CNCC(F)C1N1CCC(C(=O)N2CC(F)C2)CC1)C1CC2(CCCCC2)CCCC(F)CN1. The lowest BCUT2D eigenvalue weighted by Crippen LogP contribution is -2.68. The molecule has 4 aliphatic heterocycles. The first-order valence-corrected chi connectivity index (χ1v) is 16.4. The molecular weight excluding hydrogens is 547 g/mol. The van der Waals surface area contributed by atoms with Gasteiger partial charge >= 0.3 is 0 Å². The van der Waals surface area contributed by atoms with Crippen molar-refractivity contribution >= 4 is 11.8 Å². The van der Waals surface area contributed by atoms with E-state index in [1.54, 1.807) is 4.90 Å². The van der Waals surface area contributed by atoms with Crippen LogP contribution in [0.4, 0.5) is 13.2 Å². The van der Waals surface area contributed by atoms with Crippen LogP contribution < -0.4 is 27.4 Å². The first-order chi connectivity index (χ1) is 20.2. The van der Waals surface area contributed by atoms with Gasteiger partial charge in [0.1, 0.15) is 18.5 Å². The number of amides is 2. The third kappa shape index (κ3) is 7.42. The predicted molar refractivity (Wildman–Crippen MR) is 156 cm³/mol. The molecule has 6 atom stereocenters. The third-order valence-corrected chi connectivity index (χ3v) is 10.8. The molecule has 4 heterocycles. The number of rotatable bonds is 6. The fourth-order valence-corrected chi connectivity index (χ4v) is 8.43. The number of alkyl halides is 3. The van der Waals surface area contributed by atoms with Crippen molar-refractivity contribution in [2.45, 2.75) is 113 Å². The molecule has 0 aromatic rings. The lowest BCUT2D eigenvalue weighted by atomic mass is 9.66. The first kappa shape index (κ1) is 31.9. The van der Waals surface area contributed by atoms with E-state index in [4.69, 9.17) is 11.5 Å². The van der Waals surface area contributed by atoms with Crippen molar-refractivity contribution in [3.8, 4) is 0 Å². The van der Waals surface area contributed by atoms with Crippen molar-refractivity contribution in [1.82, 2.24) is 25.8 Å². The second kappa shape index (κ2) is 14.1. The van der Waals surface area contributed by atoms with Crippen LogP contribution in [0, 0.1) is 17.3 Å². The molecule has 6 unspecified atom stereocenters. The minimum atomic E-state index is -1.20. The molecule has 1 spiro atoms. The van der Waals surface area contributed by atoms with Crippen LogP contribution in [0.3, 0.4) is 0 Å². The topological polar surface area (TPSA) is 129 Å². The highest BCUT2D eigenvalue weighted by molar-refractivity contribution is 5.81. The number of carbonyl (C=O) groups excluding carboxylic acids is 2. The van der Waals surface area contributed by atoms with Crippen LogP contribution in [0.15, 0.2) is 0 Å². The second-order valence-electron chi connectivity index (χ2n) is 13.8. The molecule has 0 bridgehead atoms. The van der Waals surface area contributed by atoms with Crippen molar-refractivity contribution in [3.63, 3.8) is 0 Å². The quantitative estimate of drug-likeness (QED) is 0.292. The fraction of sp³-hybridized carbons (Fsp3) is 0.933. The third-order valence-electron chi connectivity index (χ3n) is 10.8. The Bertz CT molecular complexity index is 909. The Labute approximate surface area is 248 Å². The summed E-state index contributed by atoms with van der Waals surface area (Å²) in [5.74, 6) is -1.29. The summed E-state index contributed by atoms with van der Waals surface area (Å²) in [5.41, 5.74) is 12.6. The molecule has 5 aliphatic rings. The molecule has 0 radical (unpaired) electrons. The maximum Gasteiger partial charge on any atom is 0.227 e. The van der Waals surface area contributed by atoms with Gasteiger partial charge in [-0.25, -0.2) is 13.2 Å². The van der Waals surface area contributed by atoms with Gasteiger partial charge in [-0.3, -0.25) is 14.5 Å². The predicted octanol–water partition coefficient (Wildman–Crippen LogP) is 1.35. The fourth-order valence-electron chi connectivity index (χ4n) is 8.43. The standard InChI is InChI=1S/C30H52F3N7O2/c31-20-5-4-10-30(8-2-1-3-9-30)13-23(37-14-20)25(27(34)35)28(41)38-24-16-36-15-22(33)26(24)39-11-6-19(7-12-39)29(42)40-17-21(32)18-40/h19-27,36-37H,1-18,34-35H2,(H,38,41). The highest BCUT2D eigenvalue weighted by atomic mass is 19.1. The average Bonchev–Trinajstić information content (AvgIpc) is 3.01. The molecule has 9 nitrogen and oxygen atoms in total. The Kier molecular flexibility index (Phi) is 10.7. The Morgan fingerprint density at radius 2 is 1.57 bits per heavy atom. The lowest BCUT2D eigenvalue weighted by molar-refractivity contribution is -0.144. The van der Waals surface area contributed by atoms with Crippen LogP contribution in [0.25, 0.3) is 0 Å². The maximum absolute atomic E-state index is 15.5. The van der Waals surface area contributed by atoms with E-state index < -0.39 is 42.7 Å². The van der Waals surface area contributed by atoms with Gasteiger partial charge in [0, 0.05) is 31.6 Å². The van der Waals surface area contributed by atoms with Crippen molar-refractivity contribution < 1.29 is 22.8 Å². The largest absolute Gasteiger partial charge is 0.350 e. The molecule has 12 heteroatoms. The molecule has 7 N–H and O–H groups in total. The van der Waals surface area contributed by atoms with Crippen LogP contribution in [0.2, 0.25) is 0 Å². The Hall–Kier alpha value is -1.47. The van der Waals surface area contributed by atoms with E-state index in [1.165, 1.54) is 6.42 Å². The minimum Gasteiger partial charge on any atom is -0.350 e. The van der Waals surface area contributed by atoms with E-state index in [0.29, 0.717) is 38.9 Å². The van der Waals surface area contributed by atoms with Crippen LogP contribution in [0.5, 0.6) is 0 Å². The van der Waals surface area contributed by atoms with E-state index in [0.717, 1.165) is 44.9 Å². The summed E-state index contributed by atoms with van der Waals surface area (Å²) in [6, 6.07) is -1.43. The van der Waals surface area contributed by atoms with Gasteiger partial charge in [-0.15, -0.1) is 0 Å². The lowest BCUT2D eigenvalue weighted by Gasteiger charge is -2.46. The molecule has 0 aromatic carbocycles. The average molecular weight is 600 g/mol. The number of nitrogens with one attached hydrogen (secondary N) is 3. The van der Waals surface area contributed by atoms with Crippen molar-refractivity contribution in [2.75, 3.05) is 45.8 Å². The summed E-state index contributed by atoms with van der Waals surface area (Å²) in [4.78, 5) is 30.3. The second-order valence-corrected chi connectivity index (χ2v) is 13.8. The molecule has 5 fully saturated rings. The number of nitrogens with zero attached hydrogens (tertiary/aromatic N) is 2. The highest BCUT2D eigenvalue weighted by Gasteiger charge is 2.45. The number of carbonyl (C=O) groups is 2. The zero-order valence-corrected chi connectivity index (χ0v) is 24.9. The van der Waals surface area contributed by atoms with E-state index in [-0.39, 0.29) is 55.4 Å². The van der Waals surface area contributed by atoms with Gasteiger partial charge in [0.05, 0.1) is 37.3 Å². The molecule has 1 saturated carbocycles. The van der Waals surface area contributed by atoms with Gasteiger partial charge in [-0.1, -0.05) is 19.3 Å². The Morgan fingerprint density at radius 1 is 0.881 bits per heavy atom. The van der Waals surface area contributed by atoms with Crippen molar-refractivity contribution in [1.29, 1.82) is 0 Å². The van der Waals surface area contributed by atoms with Gasteiger partial charge in [0.15, 0.2) is 0 Å². The zero-order valence-electron chi connectivity index (χ0n) is 24.9. The smallest absolute Gasteiger partial charge is 0.227 e. The number of halogens is 3. The summed E-state index contributed by atoms with van der Waals surface area (Å²) >= 11 is 0. The van der Waals surface area contributed by atoms with E-state index in [2.05, 4.69) is 20.9 Å². The number of piperidine rings is 2. The van der Waals surface area contributed by atoms with Gasteiger partial charge in [-0.2, -0.15) is 0 Å². The van der Waals surface area contributed by atoms with Gasteiger partial charge in [0.25, 0.3) is 0 Å². The van der Waals surface area contributed by atoms with Crippen molar-refractivity contribution in [2.24, 2.45) is 28.7 Å². The summed E-state index contributed by atoms with van der Waals surface area (Å²) in [6.07, 6.45) is 5.73. The van der Waals surface area contributed by atoms with Crippen LogP contribution >= 0.6 is 0 Å². The Balaban J connectivity index is 1.26. The molecule has 0 aromatic heterocycles. The summed E-state index contributed by atoms with van der Waals surface area (Å²) in [5, 5.41) is 9.57. The number of likely N-dealkylation sites (tertiary alicyclic amines) is 2.